The van der Waals surface area contributed by atoms with Crippen LogP contribution in [0.15, 0.2) is 35.9 Å². The van der Waals surface area contributed by atoms with Gasteiger partial charge in [-0.3, -0.25) is 4.79 Å². The van der Waals surface area contributed by atoms with Gasteiger partial charge >= 0.3 is 0 Å². The van der Waals surface area contributed by atoms with Gasteiger partial charge < -0.3 is 4.90 Å². The Morgan fingerprint density at radius 3 is 3.00 bits per heavy atom. The quantitative estimate of drug-likeness (QED) is 0.567. The lowest BCUT2D eigenvalue weighted by atomic mass is 9.75. The molecule has 1 amide bonds. The summed E-state index contributed by atoms with van der Waals surface area (Å²) in [4.78, 5) is 14.1. The van der Waals surface area contributed by atoms with Crippen molar-refractivity contribution in [3.63, 3.8) is 0 Å². The third-order valence-corrected chi connectivity index (χ3v) is 5.68. The van der Waals surface area contributed by atoms with E-state index in [9.17, 15) is 4.79 Å². The summed E-state index contributed by atoms with van der Waals surface area (Å²) in [5, 5.41) is 0. The molecule has 19 heavy (non-hydrogen) atoms. The van der Waals surface area contributed by atoms with E-state index in [1.54, 1.807) is 0 Å². The number of thiol groups is 1. The zero-order chi connectivity index (χ0) is 13.0. The summed E-state index contributed by atoms with van der Waals surface area (Å²) in [7, 11) is 0. The van der Waals surface area contributed by atoms with Gasteiger partial charge in [0.1, 0.15) is 4.87 Å². The minimum atomic E-state index is -0.405. The maximum atomic E-state index is 12.6. The monoisotopic (exact) mass is 271 g/mol. The Morgan fingerprint density at radius 2 is 2.11 bits per heavy atom. The normalized spacial score (nSPS) is 32.5. The average Bonchev–Trinajstić information content (AvgIpc) is 2.69. The van der Waals surface area contributed by atoms with Crippen LogP contribution in [-0.4, -0.2) is 17.4 Å². The van der Waals surface area contributed by atoms with Crippen molar-refractivity contribution in [3.8, 4) is 0 Å². The lowest BCUT2D eigenvalue weighted by Gasteiger charge is -2.47. The number of carbonyl (C=O) groups excluding carboxylic acids is 1. The molecule has 2 atom stereocenters. The highest BCUT2D eigenvalue weighted by molar-refractivity contribution is 7.81. The van der Waals surface area contributed by atoms with Crippen molar-refractivity contribution in [1.82, 2.24) is 4.90 Å². The van der Waals surface area contributed by atoms with Gasteiger partial charge in [0.15, 0.2) is 0 Å². The molecule has 2 unspecified atom stereocenters. The zero-order valence-electron chi connectivity index (χ0n) is 10.8. The number of hydrogen-bond donors (Lipinski definition) is 1. The van der Waals surface area contributed by atoms with Gasteiger partial charge in [-0.15, -0.1) is 12.6 Å². The fraction of sp³-hybridized carbons (Fsp3) is 0.438. The highest BCUT2D eigenvalue weighted by Crippen LogP contribution is 2.55. The number of nitrogens with zero attached hydrogens (tertiary/aromatic N) is 1. The fourth-order valence-corrected chi connectivity index (χ4v) is 4.65. The summed E-state index contributed by atoms with van der Waals surface area (Å²) in [6.45, 7) is 0.711. The first kappa shape index (κ1) is 11.6. The van der Waals surface area contributed by atoms with Gasteiger partial charge in [0, 0.05) is 23.6 Å². The topological polar surface area (TPSA) is 20.3 Å². The summed E-state index contributed by atoms with van der Waals surface area (Å²) in [6, 6.07) is 7.99. The second kappa shape index (κ2) is 3.89. The number of benzene rings is 1. The van der Waals surface area contributed by atoms with E-state index in [0.29, 0.717) is 12.5 Å². The van der Waals surface area contributed by atoms with Crippen molar-refractivity contribution in [2.75, 3.05) is 6.54 Å². The molecule has 2 nitrogen and oxygen atoms in total. The summed E-state index contributed by atoms with van der Waals surface area (Å²) >= 11 is 5.03. The van der Waals surface area contributed by atoms with E-state index < -0.39 is 4.87 Å². The Labute approximate surface area is 118 Å². The van der Waals surface area contributed by atoms with Crippen LogP contribution in [0.4, 0.5) is 0 Å². The SMILES string of the molecule is O=C1c2ccccc2C2(S)C3CCCCC3=CCN12. The molecule has 98 valence electrons. The number of hydrogen-bond acceptors (Lipinski definition) is 2. The van der Waals surface area contributed by atoms with Crippen LogP contribution in [0.1, 0.15) is 41.6 Å². The Kier molecular flexibility index (Phi) is 2.37. The molecule has 1 fully saturated rings. The minimum absolute atomic E-state index is 0.145. The highest BCUT2D eigenvalue weighted by atomic mass is 32.1. The third-order valence-electron chi connectivity index (χ3n) is 4.89. The Balaban J connectivity index is 1.92. The fourth-order valence-electron chi connectivity index (χ4n) is 3.98. The van der Waals surface area contributed by atoms with E-state index in [-0.39, 0.29) is 5.91 Å². The Bertz CT molecular complexity index is 594. The molecule has 1 saturated carbocycles. The molecule has 1 aromatic rings. The van der Waals surface area contributed by atoms with Crippen molar-refractivity contribution in [3.05, 3.63) is 47.0 Å². The molecule has 0 radical (unpaired) electrons. The van der Waals surface area contributed by atoms with E-state index >= 15 is 0 Å². The van der Waals surface area contributed by atoms with Crippen LogP contribution in [0, 0.1) is 5.92 Å². The van der Waals surface area contributed by atoms with Gasteiger partial charge in [-0.05, 0) is 25.3 Å². The summed E-state index contributed by atoms with van der Waals surface area (Å²) < 4.78 is 0. The third kappa shape index (κ3) is 1.37. The highest BCUT2D eigenvalue weighted by Gasteiger charge is 2.54. The molecule has 3 heteroatoms. The van der Waals surface area contributed by atoms with Crippen molar-refractivity contribution in [1.29, 1.82) is 0 Å². The first-order valence-corrected chi connectivity index (χ1v) is 7.50. The molecular weight excluding hydrogens is 254 g/mol. The molecule has 1 aliphatic carbocycles. The predicted octanol–water partition coefficient (Wildman–Crippen LogP) is 3.36. The summed E-state index contributed by atoms with van der Waals surface area (Å²) in [5.74, 6) is 0.539. The second-order valence-electron chi connectivity index (χ2n) is 5.76. The smallest absolute Gasteiger partial charge is 0.255 e. The molecule has 2 aliphatic heterocycles. The number of carbonyl (C=O) groups is 1. The van der Waals surface area contributed by atoms with Gasteiger partial charge in [0.25, 0.3) is 5.91 Å². The van der Waals surface area contributed by atoms with E-state index in [1.165, 1.54) is 24.8 Å². The molecule has 1 aromatic carbocycles. The number of rotatable bonds is 0. The van der Waals surface area contributed by atoms with E-state index in [0.717, 1.165) is 17.5 Å². The molecule has 3 aliphatic rings. The lowest BCUT2D eigenvalue weighted by Crippen LogP contribution is -2.49. The zero-order valence-corrected chi connectivity index (χ0v) is 11.7. The predicted molar refractivity (Wildman–Crippen MR) is 78.2 cm³/mol. The van der Waals surface area contributed by atoms with Crippen molar-refractivity contribution < 1.29 is 4.79 Å². The molecule has 0 saturated heterocycles. The first-order valence-electron chi connectivity index (χ1n) is 7.05. The van der Waals surface area contributed by atoms with Crippen LogP contribution >= 0.6 is 12.6 Å². The van der Waals surface area contributed by atoms with Crippen LogP contribution in [0.3, 0.4) is 0 Å². The second-order valence-corrected chi connectivity index (χ2v) is 6.45. The van der Waals surface area contributed by atoms with Crippen LogP contribution in [0.25, 0.3) is 0 Å². The summed E-state index contributed by atoms with van der Waals surface area (Å²) in [6.07, 6.45) is 7.11. The number of fused-ring (bicyclic) bond motifs is 5. The van der Waals surface area contributed by atoms with Crippen molar-refractivity contribution >= 4 is 18.5 Å². The lowest BCUT2D eigenvalue weighted by molar-refractivity contribution is 0.0620. The van der Waals surface area contributed by atoms with Gasteiger partial charge in [0.05, 0.1) is 0 Å². The van der Waals surface area contributed by atoms with Crippen LogP contribution in [0.5, 0.6) is 0 Å². The maximum absolute atomic E-state index is 12.6. The average molecular weight is 271 g/mol. The molecule has 0 spiro atoms. The van der Waals surface area contributed by atoms with Gasteiger partial charge in [0.2, 0.25) is 0 Å². The Morgan fingerprint density at radius 1 is 1.26 bits per heavy atom. The molecule has 0 bridgehead atoms. The maximum Gasteiger partial charge on any atom is 0.255 e. The van der Waals surface area contributed by atoms with Crippen molar-refractivity contribution in [2.24, 2.45) is 5.92 Å². The molecule has 4 rings (SSSR count). The van der Waals surface area contributed by atoms with Crippen LogP contribution in [-0.2, 0) is 4.87 Å². The molecule has 0 N–H and O–H groups in total. The summed E-state index contributed by atoms with van der Waals surface area (Å²) in [5.41, 5.74) is 3.47. The van der Waals surface area contributed by atoms with Gasteiger partial charge in [-0.25, -0.2) is 0 Å². The van der Waals surface area contributed by atoms with Crippen molar-refractivity contribution in [2.45, 2.75) is 30.6 Å². The van der Waals surface area contributed by atoms with E-state index in [1.807, 2.05) is 23.1 Å². The molecule has 2 heterocycles. The minimum Gasteiger partial charge on any atom is -0.316 e. The van der Waals surface area contributed by atoms with Crippen LogP contribution < -0.4 is 0 Å². The Hall–Kier alpha value is -1.22. The van der Waals surface area contributed by atoms with E-state index in [4.69, 9.17) is 12.6 Å². The largest absolute Gasteiger partial charge is 0.316 e. The van der Waals surface area contributed by atoms with E-state index in [2.05, 4.69) is 12.1 Å². The standard InChI is InChI=1S/C16H17NOS/c18-15-12-6-2-4-8-14(12)16(19)13-7-3-1-5-11(13)9-10-17(15)16/h2,4,6,8-9,13,19H,1,3,5,7,10H2. The number of amides is 1. The first-order chi connectivity index (χ1) is 9.23. The molecular formula is C16H17NOS. The van der Waals surface area contributed by atoms with Crippen LogP contribution in [0.2, 0.25) is 0 Å². The molecule has 0 aromatic heterocycles. The van der Waals surface area contributed by atoms with Gasteiger partial charge in [-0.1, -0.05) is 36.3 Å². The van der Waals surface area contributed by atoms with Gasteiger partial charge in [-0.2, -0.15) is 0 Å².